The fourth-order valence-electron chi connectivity index (χ4n) is 4.39. The fraction of sp³-hybridized carbons (Fsp3) is 0.333. The zero-order valence-corrected chi connectivity index (χ0v) is 19.7. The lowest BCUT2D eigenvalue weighted by molar-refractivity contribution is -0.123. The number of carbonyl (C=O) groups is 2. The van der Waals surface area contributed by atoms with Crippen LogP contribution in [0.25, 0.3) is 0 Å². The van der Waals surface area contributed by atoms with Gasteiger partial charge in [-0.05, 0) is 49.6 Å². The molecule has 0 unspecified atom stereocenters. The van der Waals surface area contributed by atoms with E-state index in [4.69, 9.17) is 13.9 Å². The molecule has 0 spiro atoms. The summed E-state index contributed by atoms with van der Waals surface area (Å²) < 4.78 is 16.3. The van der Waals surface area contributed by atoms with Crippen LogP contribution in [0.3, 0.4) is 0 Å². The second-order valence-electron chi connectivity index (χ2n) is 8.49. The predicted molar refractivity (Wildman–Crippen MR) is 129 cm³/mol. The first-order valence-electron chi connectivity index (χ1n) is 11.5. The number of hydrogen-bond acceptors (Lipinski definition) is 5. The number of nitrogens with one attached hydrogen (secondary N) is 1. The number of ether oxygens (including phenoxy) is 2. The summed E-state index contributed by atoms with van der Waals surface area (Å²) in [4.78, 5) is 29.0. The van der Waals surface area contributed by atoms with Crippen molar-refractivity contribution in [1.29, 1.82) is 0 Å². The number of methoxy groups -OCH3 is 2. The summed E-state index contributed by atoms with van der Waals surface area (Å²) in [5.74, 6) is 0.463. The van der Waals surface area contributed by atoms with Gasteiger partial charge in [0, 0.05) is 17.8 Å². The third-order valence-corrected chi connectivity index (χ3v) is 6.20. The summed E-state index contributed by atoms with van der Waals surface area (Å²) in [6.45, 7) is 1.98. The number of rotatable bonds is 8. The lowest BCUT2D eigenvalue weighted by atomic mass is 10.0. The monoisotopic (exact) mass is 462 g/mol. The Kier molecular flexibility index (Phi) is 7.21. The van der Waals surface area contributed by atoms with Gasteiger partial charge in [0.15, 0.2) is 17.3 Å². The molecule has 178 valence electrons. The van der Waals surface area contributed by atoms with Crippen molar-refractivity contribution in [2.75, 3.05) is 19.1 Å². The normalized spacial score (nSPS) is 14.4. The summed E-state index contributed by atoms with van der Waals surface area (Å²) >= 11 is 0. The van der Waals surface area contributed by atoms with E-state index >= 15 is 0 Å². The molecule has 2 aromatic carbocycles. The van der Waals surface area contributed by atoms with Crippen molar-refractivity contribution in [1.82, 2.24) is 5.32 Å². The lowest BCUT2D eigenvalue weighted by Crippen LogP contribution is -2.46. The zero-order chi connectivity index (χ0) is 24.1. The van der Waals surface area contributed by atoms with E-state index in [2.05, 4.69) is 5.32 Å². The molecule has 2 amide bonds. The summed E-state index contributed by atoms with van der Waals surface area (Å²) in [6, 6.07) is 15.3. The third kappa shape index (κ3) is 4.93. The minimum atomic E-state index is -0.906. The van der Waals surface area contributed by atoms with Crippen LogP contribution in [0.2, 0.25) is 0 Å². The first-order chi connectivity index (χ1) is 16.5. The largest absolute Gasteiger partial charge is 0.493 e. The molecule has 1 atom stereocenters. The average molecular weight is 463 g/mol. The van der Waals surface area contributed by atoms with Crippen molar-refractivity contribution >= 4 is 17.5 Å². The Morgan fingerprint density at radius 1 is 1.00 bits per heavy atom. The molecule has 1 aliphatic rings. The fourth-order valence-corrected chi connectivity index (χ4v) is 4.39. The predicted octanol–water partition coefficient (Wildman–Crippen LogP) is 5.05. The number of aryl methyl sites for hydroxylation is 1. The van der Waals surface area contributed by atoms with Crippen molar-refractivity contribution in [3.05, 3.63) is 77.7 Å². The summed E-state index contributed by atoms with van der Waals surface area (Å²) in [6.07, 6.45) is 5.50. The highest BCUT2D eigenvalue weighted by molar-refractivity contribution is 6.08. The molecule has 0 bridgehead atoms. The van der Waals surface area contributed by atoms with Gasteiger partial charge < -0.3 is 19.2 Å². The Hall–Kier alpha value is -3.74. The van der Waals surface area contributed by atoms with E-state index in [1.165, 1.54) is 18.3 Å². The molecule has 1 aromatic heterocycles. The molecule has 34 heavy (non-hydrogen) atoms. The molecule has 4 rings (SSSR count). The molecule has 1 fully saturated rings. The topological polar surface area (TPSA) is 81.0 Å². The van der Waals surface area contributed by atoms with E-state index in [-0.39, 0.29) is 17.7 Å². The summed E-state index contributed by atoms with van der Waals surface area (Å²) in [7, 11) is 3.08. The maximum absolute atomic E-state index is 13.8. The van der Waals surface area contributed by atoms with Crippen LogP contribution in [-0.2, 0) is 4.79 Å². The van der Waals surface area contributed by atoms with Crippen molar-refractivity contribution in [3.8, 4) is 11.5 Å². The van der Waals surface area contributed by atoms with E-state index in [1.54, 1.807) is 37.4 Å². The molecule has 0 aliphatic heterocycles. The van der Waals surface area contributed by atoms with Crippen LogP contribution in [0.15, 0.2) is 65.3 Å². The first kappa shape index (κ1) is 23.4. The van der Waals surface area contributed by atoms with Gasteiger partial charge in [-0.25, -0.2) is 0 Å². The Labute approximate surface area is 199 Å². The number of benzene rings is 2. The lowest BCUT2D eigenvalue weighted by Gasteiger charge is -2.32. The highest BCUT2D eigenvalue weighted by Gasteiger charge is 2.36. The molecule has 3 aromatic rings. The molecule has 1 aliphatic carbocycles. The summed E-state index contributed by atoms with van der Waals surface area (Å²) in [5.41, 5.74) is 2.26. The molecular formula is C27H30N2O5. The van der Waals surface area contributed by atoms with Crippen LogP contribution in [-0.4, -0.2) is 32.1 Å². The maximum atomic E-state index is 13.8. The molecule has 0 radical (unpaired) electrons. The van der Waals surface area contributed by atoms with Crippen molar-refractivity contribution in [2.24, 2.45) is 0 Å². The van der Waals surface area contributed by atoms with Crippen molar-refractivity contribution in [3.63, 3.8) is 0 Å². The molecule has 1 heterocycles. The van der Waals surface area contributed by atoms with Gasteiger partial charge in [-0.15, -0.1) is 0 Å². The number of nitrogens with zero attached hydrogens (tertiary/aromatic N) is 1. The highest BCUT2D eigenvalue weighted by atomic mass is 16.5. The molecule has 0 saturated heterocycles. The molecular weight excluding hydrogens is 432 g/mol. The van der Waals surface area contributed by atoms with Gasteiger partial charge >= 0.3 is 0 Å². The van der Waals surface area contributed by atoms with E-state index in [1.807, 2.05) is 31.2 Å². The van der Waals surface area contributed by atoms with Crippen molar-refractivity contribution < 1.29 is 23.5 Å². The molecule has 1 N–H and O–H groups in total. The number of furan rings is 1. The first-order valence-corrected chi connectivity index (χ1v) is 11.5. The molecule has 7 nitrogen and oxygen atoms in total. The Morgan fingerprint density at radius 3 is 2.32 bits per heavy atom. The van der Waals surface area contributed by atoms with E-state index in [0.717, 1.165) is 31.2 Å². The van der Waals surface area contributed by atoms with Gasteiger partial charge in [0.1, 0.15) is 6.04 Å². The molecule has 1 saturated carbocycles. The maximum Gasteiger partial charge on any atom is 0.294 e. The van der Waals surface area contributed by atoms with E-state index < -0.39 is 11.9 Å². The minimum absolute atomic E-state index is 0.103. The third-order valence-electron chi connectivity index (χ3n) is 6.20. The second-order valence-corrected chi connectivity index (χ2v) is 8.49. The Morgan fingerprint density at radius 2 is 1.71 bits per heavy atom. The van der Waals surface area contributed by atoms with Crippen LogP contribution in [0, 0.1) is 6.92 Å². The molecule has 7 heteroatoms. The zero-order valence-electron chi connectivity index (χ0n) is 19.7. The van der Waals surface area contributed by atoms with Crippen LogP contribution < -0.4 is 19.7 Å². The minimum Gasteiger partial charge on any atom is -0.493 e. The van der Waals surface area contributed by atoms with Crippen LogP contribution in [0.4, 0.5) is 5.69 Å². The van der Waals surface area contributed by atoms with Crippen LogP contribution in [0.1, 0.15) is 53.4 Å². The van der Waals surface area contributed by atoms with Gasteiger partial charge in [-0.3, -0.25) is 14.5 Å². The van der Waals surface area contributed by atoms with Gasteiger partial charge in [0.25, 0.3) is 5.91 Å². The van der Waals surface area contributed by atoms with Crippen molar-refractivity contribution in [2.45, 2.75) is 44.7 Å². The Bertz CT molecular complexity index is 1120. The summed E-state index contributed by atoms with van der Waals surface area (Å²) in [5, 5.41) is 3.17. The highest BCUT2D eigenvalue weighted by Crippen LogP contribution is 2.36. The van der Waals surface area contributed by atoms with Gasteiger partial charge in [0.2, 0.25) is 5.91 Å². The second kappa shape index (κ2) is 10.5. The SMILES string of the molecule is COc1ccc(N(C(=O)c2ccco2)[C@H](C(=O)NC2CCCC2)c2ccc(C)cc2)cc1OC. The standard InChI is InChI=1S/C27H30N2O5/c1-18-10-12-19(13-11-18)25(26(30)28-20-7-4-5-8-20)29(27(31)23-9-6-16-34-23)21-14-15-22(32-2)24(17-21)33-3/h6,9-17,20,25H,4-5,7-8H2,1-3H3,(H,28,30)/t25-/m0/s1. The quantitative estimate of drug-likeness (QED) is 0.507. The number of carbonyl (C=O) groups excluding carboxylic acids is 2. The Balaban J connectivity index is 1.84. The van der Waals surface area contributed by atoms with Crippen LogP contribution >= 0.6 is 0 Å². The van der Waals surface area contributed by atoms with E-state index in [0.29, 0.717) is 22.7 Å². The number of hydrogen-bond donors (Lipinski definition) is 1. The van der Waals surface area contributed by atoms with Gasteiger partial charge in [0.05, 0.1) is 20.5 Å². The smallest absolute Gasteiger partial charge is 0.294 e. The number of anilines is 1. The van der Waals surface area contributed by atoms with E-state index in [9.17, 15) is 9.59 Å². The van der Waals surface area contributed by atoms with Gasteiger partial charge in [-0.1, -0.05) is 42.7 Å². The average Bonchev–Trinajstić information content (AvgIpc) is 3.57. The van der Waals surface area contributed by atoms with Crippen LogP contribution in [0.5, 0.6) is 11.5 Å². The number of amides is 2. The van der Waals surface area contributed by atoms with Gasteiger partial charge in [-0.2, -0.15) is 0 Å².